The van der Waals surface area contributed by atoms with E-state index in [9.17, 15) is 19.1 Å². The lowest BCUT2D eigenvalue weighted by molar-refractivity contribution is 0.0329. The van der Waals surface area contributed by atoms with Crippen LogP contribution in [0.2, 0.25) is 0 Å². The number of carboxylic acids is 1. The molecular weight excluding hydrogens is 413 g/mol. The van der Waals surface area contributed by atoms with Crippen molar-refractivity contribution in [3.8, 4) is 5.69 Å². The number of carboxylic acid groups (broad SMARTS) is 1. The van der Waals surface area contributed by atoms with Gasteiger partial charge in [0.25, 0.3) is 0 Å². The van der Waals surface area contributed by atoms with Gasteiger partial charge < -0.3 is 14.4 Å². The monoisotopic (exact) mass is 437 g/mol. The third-order valence-corrected chi connectivity index (χ3v) is 5.19. The Hall–Kier alpha value is -3.68. The van der Waals surface area contributed by atoms with Crippen molar-refractivity contribution in [1.82, 2.24) is 14.5 Å². The fraction of sp³-hybridized carbons (Fsp3) is 0.292. The Bertz CT molecular complexity index is 1240. The van der Waals surface area contributed by atoms with Crippen molar-refractivity contribution in [2.75, 3.05) is 6.54 Å². The summed E-state index contributed by atoms with van der Waals surface area (Å²) >= 11 is 0. The molecule has 0 atom stereocenters. The average Bonchev–Trinajstić information content (AvgIpc) is 3.12. The smallest absolute Gasteiger partial charge is 0.414 e. The van der Waals surface area contributed by atoms with Crippen LogP contribution in [0.4, 0.5) is 9.18 Å². The number of aromatic carboxylic acids is 1. The first-order valence-corrected chi connectivity index (χ1v) is 10.3. The van der Waals surface area contributed by atoms with Gasteiger partial charge in [-0.2, -0.15) is 0 Å². The van der Waals surface area contributed by atoms with Crippen LogP contribution in [0.15, 0.2) is 49.1 Å². The van der Waals surface area contributed by atoms with E-state index >= 15 is 0 Å². The number of carbonyl (C=O) groups is 2. The second-order valence-electron chi connectivity index (χ2n) is 8.70. The highest BCUT2D eigenvalue weighted by Gasteiger charge is 2.25. The maximum Gasteiger partial charge on any atom is 0.414 e. The first kappa shape index (κ1) is 21.5. The molecule has 32 heavy (non-hydrogen) atoms. The molecule has 0 saturated heterocycles. The van der Waals surface area contributed by atoms with Gasteiger partial charge in [0.1, 0.15) is 11.4 Å². The Morgan fingerprint density at radius 2 is 2.00 bits per heavy atom. The number of hydrogen-bond donors (Lipinski definition) is 1. The molecule has 0 bridgehead atoms. The van der Waals surface area contributed by atoms with Crippen molar-refractivity contribution in [2.45, 2.75) is 39.2 Å². The predicted octanol–water partition coefficient (Wildman–Crippen LogP) is 5.23. The van der Waals surface area contributed by atoms with Crippen LogP contribution in [0.3, 0.4) is 0 Å². The normalized spacial score (nSPS) is 14.4. The maximum absolute atomic E-state index is 13.7. The molecule has 0 saturated carbocycles. The van der Waals surface area contributed by atoms with Gasteiger partial charge in [0.2, 0.25) is 0 Å². The number of ether oxygens (including phenoxy) is 1. The standard InChI is InChI=1S/C24H24FN3O4/c1-24(2,3)32-23(31)27-10-4-5-15(13-27)19-14-28(21-12-26-9-8-17(19)21)20-7-6-16(25)11-18(20)22(29)30/h6-9,11-14H,4-5,10H2,1-3H3,(H,29,30). The van der Waals surface area contributed by atoms with Gasteiger partial charge >= 0.3 is 12.1 Å². The summed E-state index contributed by atoms with van der Waals surface area (Å²) in [6.45, 7) is 6.02. The molecule has 1 aliphatic rings. The number of nitrogens with zero attached hydrogens (tertiary/aromatic N) is 3. The van der Waals surface area contributed by atoms with Crippen molar-refractivity contribution < 1.29 is 23.8 Å². The summed E-state index contributed by atoms with van der Waals surface area (Å²) in [5.41, 5.74) is 2.06. The third kappa shape index (κ3) is 4.21. The molecular formula is C24H24FN3O4. The number of amides is 1. The fourth-order valence-corrected chi connectivity index (χ4v) is 3.84. The quantitative estimate of drug-likeness (QED) is 0.606. The summed E-state index contributed by atoms with van der Waals surface area (Å²) in [4.78, 5) is 30.1. The lowest BCUT2D eigenvalue weighted by Crippen LogP contribution is -2.35. The van der Waals surface area contributed by atoms with Crippen molar-refractivity contribution >= 4 is 28.5 Å². The second-order valence-corrected chi connectivity index (χ2v) is 8.70. The van der Waals surface area contributed by atoms with E-state index in [0.29, 0.717) is 17.7 Å². The molecule has 7 nitrogen and oxygen atoms in total. The van der Waals surface area contributed by atoms with E-state index in [2.05, 4.69) is 4.98 Å². The number of rotatable bonds is 3. The van der Waals surface area contributed by atoms with Gasteiger partial charge in [-0.3, -0.25) is 9.88 Å². The summed E-state index contributed by atoms with van der Waals surface area (Å²) in [5, 5.41) is 10.5. The Morgan fingerprint density at radius 1 is 1.22 bits per heavy atom. The lowest BCUT2D eigenvalue weighted by atomic mass is 9.99. The molecule has 166 valence electrons. The van der Waals surface area contributed by atoms with Crippen LogP contribution < -0.4 is 0 Å². The molecule has 3 aromatic rings. The van der Waals surface area contributed by atoms with Crippen LogP contribution in [0.1, 0.15) is 49.5 Å². The Morgan fingerprint density at radius 3 is 2.72 bits per heavy atom. The Labute approximate surface area is 184 Å². The topological polar surface area (TPSA) is 84.7 Å². The Balaban J connectivity index is 1.83. The molecule has 4 rings (SSSR count). The van der Waals surface area contributed by atoms with Gasteiger partial charge in [-0.05, 0) is 63.5 Å². The van der Waals surface area contributed by atoms with E-state index in [4.69, 9.17) is 4.74 Å². The first-order chi connectivity index (χ1) is 15.1. The minimum Gasteiger partial charge on any atom is -0.478 e. The molecule has 0 fully saturated rings. The van der Waals surface area contributed by atoms with E-state index in [1.807, 2.05) is 33.0 Å². The molecule has 0 unspecified atom stereocenters. The molecule has 0 aliphatic carbocycles. The molecule has 3 heterocycles. The molecule has 1 aromatic carbocycles. The summed E-state index contributed by atoms with van der Waals surface area (Å²) < 4.78 is 20.9. The summed E-state index contributed by atoms with van der Waals surface area (Å²) in [6.07, 6.45) is 8.01. The summed E-state index contributed by atoms with van der Waals surface area (Å²) in [7, 11) is 0. The molecule has 1 N–H and O–H groups in total. The molecule has 0 radical (unpaired) electrons. The van der Waals surface area contributed by atoms with Gasteiger partial charge in [0, 0.05) is 36.1 Å². The SMILES string of the molecule is CC(C)(C)OC(=O)N1C=C(c2cn(-c3ccc(F)cc3C(=O)O)c3cnccc23)CCC1. The van der Waals surface area contributed by atoms with Crippen LogP contribution in [0.25, 0.3) is 22.2 Å². The molecule has 2 aromatic heterocycles. The van der Waals surface area contributed by atoms with E-state index in [0.717, 1.165) is 35.4 Å². The number of benzene rings is 1. The van der Waals surface area contributed by atoms with Gasteiger partial charge in [-0.25, -0.2) is 14.0 Å². The number of aromatic nitrogens is 2. The van der Waals surface area contributed by atoms with E-state index < -0.39 is 23.5 Å². The summed E-state index contributed by atoms with van der Waals surface area (Å²) in [6, 6.07) is 5.52. The van der Waals surface area contributed by atoms with Crippen molar-refractivity contribution in [3.05, 3.63) is 66.0 Å². The highest BCUT2D eigenvalue weighted by molar-refractivity contribution is 5.97. The van der Waals surface area contributed by atoms with E-state index in [1.165, 1.54) is 12.1 Å². The van der Waals surface area contributed by atoms with Crippen LogP contribution >= 0.6 is 0 Å². The number of fused-ring (bicyclic) bond motifs is 1. The average molecular weight is 437 g/mol. The summed E-state index contributed by atoms with van der Waals surface area (Å²) in [5.74, 6) is -1.84. The second kappa shape index (κ2) is 8.11. The highest BCUT2D eigenvalue weighted by atomic mass is 19.1. The number of hydrogen-bond acceptors (Lipinski definition) is 4. The zero-order valence-electron chi connectivity index (χ0n) is 18.1. The zero-order valence-corrected chi connectivity index (χ0v) is 18.1. The minimum atomic E-state index is -1.22. The van der Waals surface area contributed by atoms with E-state index in [1.54, 1.807) is 28.1 Å². The Kier molecular flexibility index (Phi) is 5.46. The third-order valence-electron chi connectivity index (χ3n) is 5.19. The van der Waals surface area contributed by atoms with Crippen molar-refractivity contribution in [3.63, 3.8) is 0 Å². The number of allylic oxidation sites excluding steroid dienone is 1. The van der Waals surface area contributed by atoms with Gasteiger partial charge in [0.15, 0.2) is 0 Å². The molecule has 1 aliphatic heterocycles. The van der Waals surface area contributed by atoms with Crippen molar-refractivity contribution in [1.29, 1.82) is 0 Å². The number of halogens is 1. The molecule has 0 spiro atoms. The number of carbonyl (C=O) groups excluding carboxylic acids is 1. The van der Waals surface area contributed by atoms with E-state index in [-0.39, 0.29) is 5.56 Å². The number of pyridine rings is 1. The van der Waals surface area contributed by atoms with Crippen LogP contribution in [0.5, 0.6) is 0 Å². The van der Waals surface area contributed by atoms with Crippen LogP contribution in [-0.4, -0.2) is 43.8 Å². The van der Waals surface area contributed by atoms with Gasteiger partial charge in [0.05, 0.1) is 23.0 Å². The molecule has 1 amide bonds. The van der Waals surface area contributed by atoms with Crippen LogP contribution in [0, 0.1) is 5.82 Å². The fourth-order valence-electron chi connectivity index (χ4n) is 3.84. The van der Waals surface area contributed by atoms with Crippen molar-refractivity contribution in [2.24, 2.45) is 0 Å². The van der Waals surface area contributed by atoms with Gasteiger partial charge in [-0.1, -0.05) is 0 Å². The van der Waals surface area contributed by atoms with Gasteiger partial charge in [-0.15, -0.1) is 0 Å². The highest BCUT2D eigenvalue weighted by Crippen LogP contribution is 2.34. The van der Waals surface area contributed by atoms with Crippen LogP contribution in [-0.2, 0) is 4.74 Å². The zero-order chi connectivity index (χ0) is 23.0. The lowest BCUT2D eigenvalue weighted by Gasteiger charge is -2.28. The minimum absolute atomic E-state index is 0.148. The maximum atomic E-state index is 13.7. The molecule has 8 heteroatoms. The first-order valence-electron chi connectivity index (χ1n) is 10.3. The largest absolute Gasteiger partial charge is 0.478 e. The predicted molar refractivity (Wildman–Crippen MR) is 118 cm³/mol.